The molecule has 1 unspecified atom stereocenters. The first-order valence-corrected chi connectivity index (χ1v) is 10.1. The van der Waals surface area contributed by atoms with Gasteiger partial charge in [0.05, 0.1) is 13.7 Å². The van der Waals surface area contributed by atoms with Crippen LogP contribution in [0.15, 0.2) is 23.2 Å². The van der Waals surface area contributed by atoms with Crippen LogP contribution in [0.4, 0.5) is 5.69 Å². The Morgan fingerprint density at radius 3 is 2.75 bits per heavy atom. The molecular formula is C21H37IN4O2. The van der Waals surface area contributed by atoms with Gasteiger partial charge in [0.2, 0.25) is 0 Å². The highest BCUT2D eigenvalue weighted by molar-refractivity contribution is 14.0. The summed E-state index contributed by atoms with van der Waals surface area (Å²) in [4.78, 5) is 6.95. The number of guanidine groups is 1. The molecule has 0 spiro atoms. The summed E-state index contributed by atoms with van der Waals surface area (Å²) in [7, 11) is 3.45. The van der Waals surface area contributed by atoms with Crippen molar-refractivity contribution in [2.24, 2.45) is 16.8 Å². The summed E-state index contributed by atoms with van der Waals surface area (Å²) in [6, 6.07) is 5.82. The average molecular weight is 504 g/mol. The Hall–Kier alpha value is -1.22. The van der Waals surface area contributed by atoms with E-state index in [1.54, 1.807) is 14.2 Å². The number of hydrogen-bond acceptors (Lipinski definition) is 4. The third-order valence-electron chi connectivity index (χ3n) is 4.73. The molecule has 160 valence electrons. The molecule has 0 aliphatic carbocycles. The molecule has 1 atom stereocenters. The quantitative estimate of drug-likeness (QED) is 0.318. The van der Waals surface area contributed by atoms with Crippen LogP contribution >= 0.6 is 24.0 Å². The van der Waals surface area contributed by atoms with Gasteiger partial charge in [0.25, 0.3) is 0 Å². The molecule has 6 nitrogen and oxygen atoms in total. The maximum absolute atomic E-state index is 5.65. The van der Waals surface area contributed by atoms with Crippen LogP contribution in [-0.2, 0) is 0 Å². The molecule has 0 radical (unpaired) electrons. The summed E-state index contributed by atoms with van der Waals surface area (Å²) < 4.78 is 11.0. The summed E-state index contributed by atoms with van der Waals surface area (Å²) in [5, 5.41) is 6.83. The fourth-order valence-corrected chi connectivity index (χ4v) is 3.58. The number of methoxy groups -OCH3 is 1. The second-order valence-corrected chi connectivity index (χ2v) is 7.54. The third kappa shape index (κ3) is 8.03. The van der Waals surface area contributed by atoms with Crippen molar-refractivity contribution < 1.29 is 9.47 Å². The Labute approximate surface area is 187 Å². The van der Waals surface area contributed by atoms with Gasteiger partial charge >= 0.3 is 0 Å². The van der Waals surface area contributed by atoms with Crippen molar-refractivity contribution in [3.05, 3.63) is 18.2 Å². The van der Waals surface area contributed by atoms with Crippen LogP contribution in [-0.4, -0.2) is 57.8 Å². The molecule has 7 heteroatoms. The molecule has 0 saturated carbocycles. The van der Waals surface area contributed by atoms with Gasteiger partial charge < -0.3 is 25.0 Å². The summed E-state index contributed by atoms with van der Waals surface area (Å²) in [5.74, 6) is 3.63. The van der Waals surface area contributed by atoms with Crippen molar-refractivity contribution in [1.82, 2.24) is 10.2 Å². The Morgan fingerprint density at radius 2 is 2.11 bits per heavy atom. The fraction of sp³-hybridized carbons (Fsp3) is 0.667. The van der Waals surface area contributed by atoms with E-state index in [1.165, 1.54) is 32.5 Å². The maximum Gasteiger partial charge on any atom is 0.195 e. The highest BCUT2D eigenvalue weighted by Crippen LogP contribution is 2.30. The van der Waals surface area contributed by atoms with Gasteiger partial charge in [0.15, 0.2) is 17.5 Å². The van der Waals surface area contributed by atoms with Gasteiger partial charge in [0, 0.05) is 38.4 Å². The van der Waals surface area contributed by atoms with Crippen molar-refractivity contribution >= 4 is 35.6 Å². The first-order valence-electron chi connectivity index (χ1n) is 10.1. The van der Waals surface area contributed by atoms with Crippen LogP contribution < -0.4 is 20.1 Å². The van der Waals surface area contributed by atoms with Crippen LogP contribution in [0.3, 0.4) is 0 Å². The minimum absolute atomic E-state index is 0. The second kappa shape index (κ2) is 13.1. The van der Waals surface area contributed by atoms with E-state index in [2.05, 4.69) is 34.4 Å². The van der Waals surface area contributed by atoms with E-state index in [9.17, 15) is 0 Å². The number of piperidine rings is 1. The SMILES string of the molecule is CCOc1cc(NC(=NC)NCC2CCCN(CC(C)C)C2)ccc1OC.I. The van der Waals surface area contributed by atoms with Crippen LogP contribution in [0.25, 0.3) is 0 Å². The number of ether oxygens (including phenoxy) is 2. The smallest absolute Gasteiger partial charge is 0.195 e. The van der Waals surface area contributed by atoms with E-state index < -0.39 is 0 Å². The lowest BCUT2D eigenvalue weighted by Gasteiger charge is -2.34. The number of aliphatic imine (C=N–C) groups is 1. The first-order chi connectivity index (χ1) is 13.0. The van der Waals surface area contributed by atoms with Gasteiger partial charge in [-0.3, -0.25) is 4.99 Å². The Bertz CT molecular complexity index is 610. The maximum atomic E-state index is 5.65. The molecule has 1 heterocycles. The van der Waals surface area contributed by atoms with Crippen LogP contribution in [0.1, 0.15) is 33.6 Å². The van der Waals surface area contributed by atoms with E-state index >= 15 is 0 Å². The molecule has 1 aliphatic heterocycles. The number of hydrogen-bond donors (Lipinski definition) is 2. The Balaban J connectivity index is 0.00000392. The summed E-state index contributed by atoms with van der Waals surface area (Å²) in [6.45, 7) is 11.7. The van der Waals surface area contributed by atoms with Gasteiger partial charge in [-0.2, -0.15) is 0 Å². The molecule has 1 fully saturated rings. The van der Waals surface area contributed by atoms with Crippen molar-refractivity contribution in [1.29, 1.82) is 0 Å². The molecule has 1 saturated heterocycles. The number of anilines is 1. The number of rotatable bonds is 8. The van der Waals surface area contributed by atoms with E-state index in [0.717, 1.165) is 35.6 Å². The molecule has 2 rings (SSSR count). The summed E-state index contributed by atoms with van der Waals surface area (Å²) in [6.07, 6.45) is 2.55. The molecule has 2 N–H and O–H groups in total. The lowest BCUT2D eigenvalue weighted by Crippen LogP contribution is -2.43. The van der Waals surface area contributed by atoms with E-state index in [4.69, 9.17) is 9.47 Å². The first kappa shape index (κ1) is 24.8. The highest BCUT2D eigenvalue weighted by atomic mass is 127. The molecule has 1 aromatic rings. The number of likely N-dealkylation sites (tertiary alicyclic amines) is 1. The van der Waals surface area contributed by atoms with Crippen molar-refractivity contribution in [3.8, 4) is 11.5 Å². The van der Waals surface area contributed by atoms with Gasteiger partial charge in [-0.1, -0.05) is 13.8 Å². The Morgan fingerprint density at radius 1 is 1.32 bits per heavy atom. The van der Waals surface area contributed by atoms with E-state index in [0.29, 0.717) is 12.5 Å². The van der Waals surface area contributed by atoms with Gasteiger partial charge in [0.1, 0.15) is 0 Å². The molecule has 1 aromatic carbocycles. The zero-order valence-corrected chi connectivity index (χ0v) is 20.3. The predicted molar refractivity (Wildman–Crippen MR) is 129 cm³/mol. The second-order valence-electron chi connectivity index (χ2n) is 7.54. The average Bonchev–Trinajstić information content (AvgIpc) is 2.65. The molecule has 0 aromatic heterocycles. The van der Waals surface area contributed by atoms with Crippen LogP contribution in [0, 0.1) is 11.8 Å². The molecule has 0 bridgehead atoms. The number of nitrogens with zero attached hydrogens (tertiary/aromatic N) is 2. The summed E-state index contributed by atoms with van der Waals surface area (Å²) in [5.41, 5.74) is 0.928. The number of halogens is 1. The number of nitrogens with one attached hydrogen (secondary N) is 2. The lowest BCUT2D eigenvalue weighted by molar-refractivity contribution is 0.159. The normalized spacial score (nSPS) is 17.8. The standard InChI is InChI=1S/C21H36N4O2.HI/c1-6-27-20-12-18(9-10-19(20)26-5)24-21(22-4)23-13-17-8-7-11-25(15-17)14-16(2)3;/h9-10,12,16-17H,6-8,11,13-15H2,1-5H3,(H2,22,23,24);1H. The minimum atomic E-state index is 0. The van der Waals surface area contributed by atoms with Crippen LogP contribution in [0.2, 0.25) is 0 Å². The monoisotopic (exact) mass is 504 g/mol. The third-order valence-corrected chi connectivity index (χ3v) is 4.73. The van der Waals surface area contributed by atoms with Gasteiger partial charge in [-0.25, -0.2) is 0 Å². The molecule has 0 amide bonds. The predicted octanol–water partition coefficient (Wildman–Crippen LogP) is 4.07. The largest absolute Gasteiger partial charge is 0.493 e. The van der Waals surface area contributed by atoms with Gasteiger partial charge in [-0.05, 0) is 50.3 Å². The van der Waals surface area contributed by atoms with Crippen molar-refractivity contribution in [3.63, 3.8) is 0 Å². The van der Waals surface area contributed by atoms with Crippen molar-refractivity contribution in [2.75, 3.05) is 52.3 Å². The number of benzene rings is 1. The Kier molecular flexibility index (Phi) is 11.6. The van der Waals surface area contributed by atoms with E-state index in [-0.39, 0.29) is 24.0 Å². The lowest BCUT2D eigenvalue weighted by atomic mass is 9.97. The van der Waals surface area contributed by atoms with Crippen molar-refractivity contribution in [2.45, 2.75) is 33.6 Å². The molecular weight excluding hydrogens is 467 g/mol. The molecule has 1 aliphatic rings. The fourth-order valence-electron chi connectivity index (χ4n) is 3.58. The van der Waals surface area contributed by atoms with E-state index in [1.807, 2.05) is 25.1 Å². The minimum Gasteiger partial charge on any atom is -0.493 e. The topological polar surface area (TPSA) is 58.1 Å². The van der Waals surface area contributed by atoms with Crippen LogP contribution in [0.5, 0.6) is 11.5 Å². The highest BCUT2D eigenvalue weighted by Gasteiger charge is 2.20. The summed E-state index contributed by atoms with van der Waals surface area (Å²) >= 11 is 0. The zero-order valence-electron chi connectivity index (χ0n) is 18.0. The molecule has 28 heavy (non-hydrogen) atoms. The zero-order chi connectivity index (χ0) is 19.6. The van der Waals surface area contributed by atoms with Gasteiger partial charge in [-0.15, -0.1) is 24.0 Å².